The summed E-state index contributed by atoms with van der Waals surface area (Å²) >= 11 is 6.19. The zero-order valence-corrected chi connectivity index (χ0v) is 22.8. The van der Waals surface area contributed by atoms with Crippen LogP contribution in [0.4, 0.5) is 5.69 Å². The van der Waals surface area contributed by atoms with Crippen molar-refractivity contribution in [3.05, 3.63) is 64.2 Å². The number of carbonyl (C=O) groups is 3. The molecule has 2 aromatic carbocycles. The molecule has 1 atom stereocenters. The predicted octanol–water partition coefficient (Wildman–Crippen LogP) is 5.68. The van der Waals surface area contributed by atoms with Gasteiger partial charge in [-0.2, -0.15) is 0 Å². The summed E-state index contributed by atoms with van der Waals surface area (Å²) in [4.78, 5) is 39.5. The van der Waals surface area contributed by atoms with E-state index >= 15 is 0 Å². The number of hydrogen-bond acceptors (Lipinski definition) is 5. The van der Waals surface area contributed by atoms with Gasteiger partial charge in [-0.05, 0) is 62.3 Å². The van der Waals surface area contributed by atoms with Crippen molar-refractivity contribution in [3.63, 3.8) is 0 Å². The molecule has 3 rings (SSSR count). The van der Waals surface area contributed by atoms with Gasteiger partial charge in [-0.15, -0.1) is 0 Å². The van der Waals surface area contributed by atoms with Gasteiger partial charge in [0.1, 0.15) is 6.61 Å². The number of methoxy groups -OCH3 is 1. The minimum atomic E-state index is -0.573. The number of rotatable bonds is 10. The van der Waals surface area contributed by atoms with Crippen LogP contribution < -0.4 is 5.32 Å². The van der Waals surface area contributed by atoms with Crippen LogP contribution in [0.15, 0.2) is 42.5 Å². The molecule has 0 aromatic heterocycles. The second kappa shape index (κ2) is 13.6. The molecule has 37 heavy (non-hydrogen) atoms. The van der Waals surface area contributed by atoms with Crippen LogP contribution in [0.5, 0.6) is 0 Å². The number of nitrogens with one attached hydrogen (secondary N) is 1. The fraction of sp³-hybridized carbons (Fsp3) is 0.483. The minimum absolute atomic E-state index is 0.133. The average molecular weight is 530 g/mol. The van der Waals surface area contributed by atoms with Gasteiger partial charge in [0.15, 0.2) is 12.6 Å². The molecule has 2 aromatic rings. The standard InChI is InChI=1S/C29H37ClN2O5/c1-4-12-25(28(34)31-27-21(2)17-23(30)18-24(27)29(35)36-3)32(15-10-5-6-11-16-32)19-26(33)37-20-22-13-8-7-9-14-22/h7-9,13-14,17-18,25H,4-6,10-12,15-16,19-20H2,1-3H3/p+1. The third-order valence-electron chi connectivity index (χ3n) is 7.12. The zero-order valence-electron chi connectivity index (χ0n) is 22.1. The number of ether oxygens (including phenoxy) is 2. The Kier molecular flexibility index (Phi) is 10.5. The van der Waals surface area contributed by atoms with Crippen LogP contribution >= 0.6 is 11.6 Å². The topological polar surface area (TPSA) is 81.7 Å². The SMILES string of the molecule is CCCC(C(=O)Nc1c(C)cc(Cl)cc1C(=O)OC)[N+]1(CC(=O)OCc2ccccc2)CCCCCC1. The molecule has 1 N–H and O–H groups in total. The molecule has 1 saturated heterocycles. The molecular formula is C29H38ClN2O5+. The zero-order chi connectivity index (χ0) is 26.8. The van der Waals surface area contributed by atoms with Gasteiger partial charge in [-0.25, -0.2) is 9.59 Å². The van der Waals surface area contributed by atoms with E-state index in [1.165, 1.54) is 13.2 Å². The van der Waals surface area contributed by atoms with E-state index in [0.717, 1.165) is 50.8 Å². The lowest BCUT2D eigenvalue weighted by Crippen LogP contribution is -2.62. The van der Waals surface area contributed by atoms with Crippen molar-refractivity contribution >= 4 is 35.1 Å². The van der Waals surface area contributed by atoms with Crippen LogP contribution in [-0.4, -0.2) is 55.1 Å². The van der Waals surface area contributed by atoms with Crippen LogP contribution in [-0.2, 0) is 25.7 Å². The number of carbonyl (C=O) groups excluding carboxylic acids is 3. The van der Waals surface area contributed by atoms with Gasteiger partial charge in [0.2, 0.25) is 0 Å². The van der Waals surface area contributed by atoms with E-state index in [2.05, 4.69) is 5.32 Å². The van der Waals surface area contributed by atoms with Crippen molar-refractivity contribution in [2.24, 2.45) is 0 Å². The summed E-state index contributed by atoms with van der Waals surface area (Å²) in [5.74, 6) is -1.09. The van der Waals surface area contributed by atoms with Gasteiger partial charge < -0.3 is 19.3 Å². The third kappa shape index (κ3) is 7.55. The van der Waals surface area contributed by atoms with E-state index in [1.807, 2.05) is 37.3 Å². The Bertz CT molecular complexity index is 1080. The van der Waals surface area contributed by atoms with Crippen LogP contribution in [0, 0.1) is 6.92 Å². The number of esters is 2. The molecule has 1 unspecified atom stereocenters. The Hall–Kier alpha value is -2.90. The second-order valence-electron chi connectivity index (χ2n) is 9.81. The maximum atomic E-state index is 13.9. The van der Waals surface area contributed by atoms with Crippen molar-refractivity contribution in [2.75, 3.05) is 32.1 Å². The Morgan fingerprint density at radius 2 is 1.73 bits per heavy atom. The number of hydrogen-bond donors (Lipinski definition) is 1. The summed E-state index contributed by atoms with van der Waals surface area (Å²) in [5, 5.41) is 3.40. The smallest absolute Gasteiger partial charge is 0.362 e. The molecule has 8 heteroatoms. The van der Waals surface area contributed by atoms with Gasteiger partial charge in [0.25, 0.3) is 5.91 Å². The van der Waals surface area contributed by atoms with E-state index in [-0.39, 0.29) is 30.6 Å². The number of anilines is 1. The number of quaternary nitrogens is 1. The van der Waals surface area contributed by atoms with Crippen molar-refractivity contribution in [2.45, 2.75) is 65.0 Å². The van der Waals surface area contributed by atoms with Crippen molar-refractivity contribution < 1.29 is 28.3 Å². The van der Waals surface area contributed by atoms with Crippen LogP contribution in [0.1, 0.15) is 66.9 Å². The normalized spacial score (nSPS) is 15.8. The average Bonchev–Trinajstić information content (AvgIpc) is 3.13. The molecule has 1 fully saturated rings. The largest absolute Gasteiger partial charge is 0.465 e. The molecule has 0 bridgehead atoms. The van der Waals surface area contributed by atoms with Crippen LogP contribution in [0.25, 0.3) is 0 Å². The summed E-state index contributed by atoms with van der Waals surface area (Å²) in [6.07, 6.45) is 5.41. The lowest BCUT2D eigenvalue weighted by molar-refractivity contribution is -0.935. The van der Waals surface area contributed by atoms with E-state index in [9.17, 15) is 14.4 Å². The molecule has 7 nitrogen and oxygen atoms in total. The monoisotopic (exact) mass is 529 g/mol. The maximum absolute atomic E-state index is 13.9. The van der Waals surface area contributed by atoms with E-state index < -0.39 is 12.0 Å². The summed E-state index contributed by atoms with van der Waals surface area (Å²) < 4.78 is 10.9. The fourth-order valence-corrected chi connectivity index (χ4v) is 5.53. The molecule has 0 saturated carbocycles. The highest BCUT2D eigenvalue weighted by Crippen LogP contribution is 2.30. The van der Waals surface area contributed by atoms with Gasteiger partial charge in [0.05, 0.1) is 31.5 Å². The second-order valence-corrected chi connectivity index (χ2v) is 10.3. The lowest BCUT2D eigenvalue weighted by Gasteiger charge is -2.42. The van der Waals surface area contributed by atoms with E-state index in [4.69, 9.17) is 21.1 Å². The van der Waals surface area contributed by atoms with Crippen molar-refractivity contribution in [1.29, 1.82) is 0 Å². The van der Waals surface area contributed by atoms with Crippen LogP contribution in [0.2, 0.25) is 5.02 Å². The molecule has 0 spiro atoms. The lowest BCUT2D eigenvalue weighted by atomic mass is 10.0. The van der Waals surface area contributed by atoms with Gasteiger partial charge in [-0.3, -0.25) is 4.79 Å². The third-order valence-corrected chi connectivity index (χ3v) is 7.34. The summed E-state index contributed by atoms with van der Waals surface area (Å²) in [6.45, 7) is 5.62. The quantitative estimate of drug-likeness (QED) is 0.316. The van der Waals surface area contributed by atoms with Crippen LogP contribution in [0.3, 0.4) is 0 Å². The number of aryl methyl sites for hydroxylation is 1. The number of nitrogens with zero attached hydrogens (tertiary/aromatic N) is 1. The number of amides is 1. The highest BCUT2D eigenvalue weighted by Gasteiger charge is 2.44. The first-order chi connectivity index (χ1) is 17.8. The number of halogens is 1. The minimum Gasteiger partial charge on any atom is -0.465 e. The van der Waals surface area contributed by atoms with Gasteiger partial charge >= 0.3 is 11.9 Å². The Morgan fingerprint density at radius 1 is 1.05 bits per heavy atom. The molecule has 1 amide bonds. The highest BCUT2D eigenvalue weighted by atomic mass is 35.5. The summed E-state index contributed by atoms with van der Waals surface area (Å²) in [5.41, 5.74) is 2.19. The molecule has 1 aliphatic heterocycles. The predicted molar refractivity (Wildman–Crippen MR) is 144 cm³/mol. The number of benzene rings is 2. The Labute approximate surface area is 224 Å². The first-order valence-electron chi connectivity index (χ1n) is 13.0. The summed E-state index contributed by atoms with van der Waals surface area (Å²) in [6, 6.07) is 12.3. The maximum Gasteiger partial charge on any atom is 0.362 e. The molecule has 200 valence electrons. The molecule has 0 aliphatic carbocycles. The molecule has 1 aliphatic rings. The summed E-state index contributed by atoms with van der Waals surface area (Å²) in [7, 11) is 1.29. The van der Waals surface area contributed by atoms with E-state index in [0.29, 0.717) is 27.2 Å². The molecule has 0 radical (unpaired) electrons. The first-order valence-corrected chi connectivity index (χ1v) is 13.4. The van der Waals surface area contributed by atoms with E-state index in [1.54, 1.807) is 13.0 Å². The van der Waals surface area contributed by atoms with Crippen molar-refractivity contribution in [3.8, 4) is 0 Å². The molecular weight excluding hydrogens is 492 g/mol. The van der Waals surface area contributed by atoms with Crippen molar-refractivity contribution in [1.82, 2.24) is 0 Å². The van der Waals surface area contributed by atoms with Gasteiger partial charge in [-0.1, -0.05) is 48.9 Å². The Balaban J connectivity index is 1.88. The fourth-order valence-electron chi connectivity index (χ4n) is 5.25. The molecule has 1 heterocycles. The number of likely N-dealkylation sites (tertiary alicyclic amines) is 1. The highest BCUT2D eigenvalue weighted by molar-refractivity contribution is 6.31. The van der Waals surface area contributed by atoms with Gasteiger partial charge in [0, 0.05) is 11.4 Å². The Morgan fingerprint density at radius 3 is 2.35 bits per heavy atom. The first kappa shape index (κ1) is 28.7.